The van der Waals surface area contributed by atoms with Crippen LogP contribution in [-0.4, -0.2) is 16.8 Å². The Bertz CT molecular complexity index is 839. The number of hydrogen-bond donors (Lipinski definition) is 1. The standard InChI is InChI=1S/C16H16Cl2N4O/c1-10-11(2)20-22(16(23)13(10)7-19)9-21(3)8-12-4-5-14(17)15(18)6-12/h4-6H,8-9H2,1-3H3/p+1. The Kier molecular flexibility index (Phi) is 5.42. The quantitative estimate of drug-likeness (QED) is 0.911. The third-order valence-corrected chi connectivity index (χ3v) is 4.40. The number of hydrogen-bond acceptors (Lipinski definition) is 3. The van der Waals surface area contributed by atoms with E-state index in [2.05, 4.69) is 5.10 Å². The molecule has 1 aromatic heterocycles. The van der Waals surface area contributed by atoms with Crippen LogP contribution in [0, 0.1) is 25.2 Å². The monoisotopic (exact) mass is 351 g/mol. The topological polar surface area (TPSA) is 63.1 Å². The number of benzene rings is 1. The van der Waals surface area contributed by atoms with Crippen molar-refractivity contribution in [1.82, 2.24) is 9.78 Å². The van der Waals surface area contributed by atoms with Crippen molar-refractivity contribution in [3.05, 3.63) is 61.0 Å². The Hall–Kier alpha value is -1.87. The highest BCUT2D eigenvalue weighted by Crippen LogP contribution is 2.22. The van der Waals surface area contributed by atoms with E-state index in [0.29, 0.717) is 34.5 Å². The fourth-order valence-corrected chi connectivity index (χ4v) is 2.64. The molecule has 23 heavy (non-hydrogen) atoms. The first-order chi connectivity index (χ1) is 10.8. The van der Waals surface area contributed by atoms with Crippen molar-refractivity contribution in [3.8, 4) is 6.07 Å². The largest absolute Gasteiger partial charge is 0.315 e. The second kappa shape index (κ2) is 7.14. The van der Waals surface area contributed by atoms with E-state index in [1.165, 1.54) is 4.68 Å². The van der Waals surface area contributed by atoms with Gasteiger partial charge in [-0.2, -0.15) is 15.0 Å². The molecule has 0 aliphatic carbocycles. The van der Waals surface area contributed by atoms with E-state index in [1.807, 2.05) is 25.2 Å². The molecule has 0 fully saturated rings. The molecule has 2 aromatic rings. The summed E-state index contributed by atoms with van der Waals surface area (Å²) in [6.45, 7) is 4.54. The summed E-state index contributed by atoms with van der Waals surface area (Å²) < 4.78 is 1.34. The van der Waals surface area contributed by atoms with Crippen LogP contribution in [0.25, 0.3) is 0 Å². The molecule has 0 aliphatic rings. The number of aromatic nitrogens is 2. The predicted octanol–water partition coefficient (Wildman–Crippen LogP) is 1.71. The zero-order valence-corrected chi connectivity index (χ0v) is 14.7. The molecule has 7 heteroatoms. The van der Waals surface area contributed by atoms with E-state index >= 15 is 0 Å². The van der Waals surface area contributed by atoms with Crippen LogP contribution in [0.4, 0.5) is 0 Å². The van der Waals surface area contributed by atoms with Crippen LogP contribution in [-0.2, 0) is 13.2 Å². The lowest BCUT2D eigenvalue weighted by atomic mass is 10.1. The zero-order valence-electron chi connectivity index (χ0n) is 13.2. The number of nitrogens with zero attached hydrogens (tertiary/aromatic N) is 3. The van der Waals surface area contributed by atoms with Crippen LogP contribution in [0.1, 0.15) is 22.4 Å². The summed E-state index contributed by atoms with van der Waals surface area (Å²) in [7, 11) is 1.94. The minimum absolute atomic E-state index is 0.153. The van der Waals surface area contributed by atoms with Gasteiger partial charge in [-0.05, 0) is 31.5 Å². The van der Waals surface area contributed by atoms with Gasteiger partial charge >= 0.3 is 0 Å². The zero-order chi connectivity index (χ0) is 17.1. The minimum atomic E-state index is -0.357. The summed E-state index contributed by atoms with van der Waals surface area (Å²) in [5.41, 5.74) is 2.12. The summed E-state index contributed by atoms with van der Waals surface area (Å²) in [5, 5.41) is 14.4. The van der Waals surface area contributed by atoms with Crippen molar-refractivity contribution < 1.29 is 4.90 Å². The highest BCUT2D eigenvalue weighted by atomic mass is 35.5. The lowest BCUT2D eigenvalue weighted by Gasteiger charge is -2.16. The smallest absolute Gasteiger partial charge is 0.289 e. The average molecular weight is 352 g/mol. The highest BCUT2D eigenvalue weighted by molar-refractivity contribution is 6.42. The Morgan fingerprint density at radius 2 is 2.00 bits per heavy atom. The maximum absolute atomic E-state index is 12.3. The van der Waals surface area contributed by atoms with Gasteiger partial charge in [-0.25, -0.2) is 0 Å². The fraction of sp³-hybridized carbons (Fsp3) is 0.312. The maximum atomic E-state index is 12.3. The van der Waals surface area contributed by atoms with Crippen LogP contribution < -0.4 is 10.5 Å². The van der Waals surface area contributed by atoms with Crippen LogP contribution in [0.5, 0.6) is 0 Å². The van der Waals surface area contributed by atoms with Crippen molar-refractivity contribution >= 4 is 23.2 Å². The predicted molar refractivity (Wildman–Crippen MR) is 89.7 cm³/mol. The molecule has 0 radical (unpaired) electrons. The lowest BCUT2D eigenvalue weighted by Crippen LogP contribution is -3.07. The van der Waals surface area contributed by atoms with Crippen molar-refractivity contribution in [2.24, 2.45) is 0 Å². The molecule has 120 valence electrons. The Balaban J connectivity index is 2.22. The molecule has 1 N–H and O–H groups in total. The summed E-state index contributed by atoms with van der Waals surface area (Å²) in [6.07, 6.45) is 0. The molecular formula is C16H17Cl2N4O+. The van der Waals surface area contributed by atoms with Crippen LogP contribution in [0.15, 0.2) is 23.0 Å². The second-order valence-electron chi connectivity index (χ2n) is 5.54. The van der Waals surface area contributed by atoms with Crippen LogP contribution in [0.2, 0.25) is 10.0 Å². The first-order valence-electron chi connectivity index (χ1n) is 7.07. The normalized spacial score (nSPS) is 12.0. The van der Waals surface area contributed by atoms with Gasteiger partial charge in [0.1, 0.15) is 18.2 Å². The molecule has 1 heterocycles. The SMILES string of the molecule is Cc1nn(C[NH+](C)Cc2ccc(Cl)c(Cl)c2)c(=O)c(C#N)c1C. The summed E-state index contributed by atoms with van der Waals surface area (Å²) in [5.74, 6) is 0. The third-order valence-electron chi connectivity index (χ3n) is 3.66. The molecule has 1 unspecified atom stereocenters. The van der Waals surface area contributed by atoms with Crippen molar-refractivity contribution in [3.63, 3.8) is 0 Å². The van der Waals surface area contributed by atoms with Crippen molar-refractivity contribution in [2.75, 3.05) is 7.05 Å². The van der Waals surface area contributed by atoms with Gasteiger partial charge in [0.15, 0.2) is 6.67 Å². The molecule has 0 saturated carbocycles. The summed E-state index contributed by atoms with van der Waals surface area (Å²) in [4.78, 5) is 13.3. The third kappa shape index (κ3) is 3.91. The van der Waals surface area contributed by atoms with E-state index < -0.39 is 0 Å². The molecular weight excluding hydrogens is 335 g/mol. The van der Waals surface area contributed by atoms with E-state index in [0.717, 1.165) is 10.5 Å². The fourth-order valence-electron chi connectivity index (χ4n) is 2.32. The van der Waals surface area contributed by atoms with Gasteiger partial charge in [0.25, 0.3) is 5.56 Å². The number of halogens is 2. The van der Waals surface area contributed by atoms with Gasteiger partial charge in [-0.1, -0.05) is 29.3 Å². The van der Waals surface area contributed by atoms with Gasteiger partial charge in [0.05, 0.1) is 22.8 Å². The minimum Gasteiger partial charge on any atom is -0.315 e. The van der Waals surface area contributed by atoms with Crippen molar-refractivity contribution in [2.45, 2.75) is 27.1 Å². The molecule has 0 spiro atoms. The van der Waals surface area contributed by atoms with Gasteiger partial charge in [0.2, 0.25) is 0 Å². The number of aryl methyl sites for hydroxylation is 1. The number of nitrogens with one attached hydrogen (secondary N) is 1. The molecule has 2 rings (SSSR count). The van der Waals surface area contributed by atoms with E-state index in [1.54, 1.807) is 19.9 Å². The molecule has 0 amide bonds. The van der Waals surface area contributed by atoms with Crippen LogP contribution in [0.3, 0.4) is 0 Å². The number of rotatable bonds is 4. The van der Waals surface area contributed by atoms with Gasteiger partial charge in [0, 0.05) is 5.56 Å². The molecule has 5 nitrogen and oxygen atoms in total. The maximum Gasteiger partial charge on any atom is 0.289 e. The van der Waals surface area contributed by atoms with E-state index in [-0.39, 0.29) is 11.1 Å². The van der Waals surface area contributed by atoms with E-state index in [4.69, 9.17) is 28.5 Å². The van der Waals surface area contributed by atoms with Gasteiger partial charge in [-0.15, -0.1) is 0 Å². The van der Waals surface area contributed by atoms with E-state index in [9.17, 15) is 4.79 Å². The van der Waals surface area contributed by atoms with Crippen LogP contribution >= 0.6 is 23.2 Å². The molecule has 1 atom stereocenters. The van der Waals surface area contributed by atoms with Crippen molar-refractivity contribution in [1.29, 1.82) is 5.26 Å². The highest BCUT2D eigenvalue weighted by Gasteiger charge is 2.14. The summed E-state index contributed by atoms with van der Waals surface area (Å²) >= 11 is 11.9. The Labute approximate surface area is 144 Å². The lowest BCUT2D eigenvalue weighted by molar-refractivity contribution is -0.917. The molecule has 0 saturated heterocycles. The number of nitriles is 1. The molecule has 0 aliphatic heterocycles. The summed E-state index contributed by atoms with van der Waals surface area (Å²) in [6, 6.07) is 7.43. The Morgan fingerprint density at radius 1 is 1.30 bits per heavy atom. The molecule has 1 aromatic carbocycles. The first-order valence-corrected chi connectivity index (χ1v) is 7.82. The molecule has 0 bridgehead atoms. The van der Waals surface area contributed by atoms with Gasteiger partial charge in [-0.3, -0.25) is 4.79 Å². The second-order valence-corrected chi connectivity index (χ2v) is 6.36. The number of quaternary nitrogens is 1. The van der Waals surface area contributed by atoms with Gasteiger partial charge < -0.3 is 4.90 Å². The average Bonchev–Trinajstić information content (AvgIpc) is 2.49. The Morgan fingerprint density at radius 3 is 2.61 bits per heavy atom. The first kappa shape index (κ1) is 17.5.